The second kappa shape index (κ2) is 8.88. The van der Waals surface area contributed by atoms with E-state index in [4.69, 9.17) is 24.5 Å². The minimum absolute atomic E-state index is 0.350. The van der Waals surface area contributed by atoms with Crippen molar-refractivity contribution < 1.29 is 34.4 Å². The van der Waals surface area contributed by atoms with Crippen molar-refractivity contribution in [3.63, 3.8) is 0 Å². The van der Waals surface area contributed by atoms with Crippen molar-refractivity contribution >= 4 is 13.3 Å². The van der Waals surface area contributed by atoms with E-state index in [-0.39, 0.29) is 5.97 Å². The zero-order valence-corrected chi connectivity index (χ0v) is 14.1. The Labute approximate surface area is 136 Å². The van der Waals surface area contributed by atoms with Crippen LogP contribution in [0.3, 0.4) is 0 Å². The molecule has 130 valence electrons. The fourth-order valence-corrected chi connectivity index (χ4v) is 1.29. The van der Waals surface area contributed by atoms with E-state index in [0.29, 0.717) is 17.9 Å². The highest BCUT2D eigenvalue weighted by atomic mass is 16.5. The summed E-state index contributed by atoms with van der Waals surface area (Å²) in [5.74, 6) is 0.246. The van der Waals surface area contributed by atoms with Gasteiger partial charge in [0.05, 0.1) is 17.8 Å². The molecular weight excluding hydrogens is 303 g/mol. The van der Waals surface area contributed by atoms with Crippen molar-refractivity contribution in [2.45, 2.75) is 45.8 Å². The van der Waals surface area contributed by atoms with E-state index in [1.54, 1.807) is 45.0 Å². The lowest BCUT2D eigenvalue weighted by atomic mass is 9.89. The van der Waals surface area contributed by atoms with Crippen LogP contribution in [-0.4, -0.2) is 51.3 Å². The molecule has 0 radical (unpaired) electrons. The molecule has 0 aliphatic heterocycles. The predicted octanol–water partition coefficient (Wildman–Crippen LogP) is 0.740. The van der Waals surface area contributed by atoms with Gasteiger partial charge >= 0.3 is 13.3 Å². The lowest BCUT2D eigenvalue weighted by molar-refractivity contribution is -0.0906. The van der Waals surface area contributed by atoms with Crippen LogP contribution >= 0.6 is 0 Å². The van der Waals surface area contributed by atoms with Gasteiger partial charge in [0.15, 0.2) is 0 Å². The number of carbonyl (C=O) groups is 1. The Morgan fingerprint density at radius 3 is 1.87 bits per heavy atom. The lowest BCUT2D eigenvalue weighted by Crippen LogP contribution is -2.49. The fraction of sp³-hybridized carbons (Fsp3) is 0.533. The van der Waals surface area contributed by atoms with Gasteiger partial charge < -0.3 is 29.7 Å². The van der Waals surface area contributed by atoms with Crippen LogP contribution < -0.4 is 4.74 Å². The minimum atomic E-state index is -2.17. The van der Waals surface area contributed by atoms with Gasteiger partial charge in [0.2, 0.25) is 0 Å². The summed E-state index contributed by atoms with van der Waals surface area (Å²) in [7, 11) is -2.17. The van der Waals surface area contributed by atoms with Crippen LogP contribution in [0.2, 0.25) is 0 Å². The van der Waals surface area contributed by atoms with Crippen molar-refractivity contribution in [1.29, 1.82) is 0 Å². The molecule has 8 heteroatoms. The van der Waals surface area contributed by atoms with Gasteiger partial charge in [0, 0.05) is 0 Å². The molecule has 1 aromatic carbocycles. The Hall–Kier alpha value is -1.61. The Kier molecular flexibility index (Phi) is 8.26. The van der Waals surface area contributed by atoms with E-state index in [1.807, 2.05) is 13.8 Å². The smallest absolute Gasteiger partial charge is 0.485 e. The number of ether oxygens (including phenoxy) is 2. The van der Waals surface area contributed by atoms with Gasteiger partial charge in [-0.15, -0.1) is 0 Å². The number of aliphatic hydroxyl groups is 1. The van der Waals surface area contributed by atoms with Gasteiger partial charge in [-0.3, -0.25) is 0 Å². The largest absolute Gasteiger partial charge is 0.631 e. The van der Waals surface area contributed by atoms with Crippen LogP contribution in [0.5, 0.6) is 5.75 Å². The van der Waals surface area contributed by atoms with Gasteiger partial charge in [0.1, 0.15) is 11.4 Å². The molecule has 1 rings (SSSR count). The summed E-state index contributed by atoms with van der Waals surface area (Å²) in [6.45, 7) is 9.13. The molecule has 0 heterocycles. The normalized spacial score (nSPS) is 11.2. The third kappa shape index (κ3) is 7.99. The standard InChI is InChI=1S/C15H22O4.BH3O3/c1-6-18-13(16)11-7-9-12(10-8-11)19-15(4,5)14(2,3)17;2-1(3)4/h7-10,17H,6H2,1-5H3;2-4H. The molecule has 0 aliphatic rings. The van der Waals surface area contributed by atoms with Gasteiger partial charge in [-0.25, -0.2) is 4.79 Å². The number of carbonyl (C=O) groups excluding carboxylic acids is 1. The number of benzene rings is 1. The quantitative estimate of drug-likeness (QED) is 0.465. The Bertz CT molecular complexity index is 475. The summed E-state index contributed by atoms with van der Waals surface area (Å²) in [5.41, 5.74) is -1.24. The average Bonchev–Trinajstić information content (AvgIpc) is 2.37. The first-order valence-electron chi connectivity index (χ1n) is 7.13. The zero-order chi connectivity index (χ0) is 18.3. The summed E-state index contributed by atoms with van der Waals surface area (Å²) >= 11 is 0. The van der Waals surface area contributed by atoms with E-state index in [2.05, 4.69) is 0 Å². The lowest BCUT2D eigenvalue weighted by Gasteiger charge is -2.37. The third-order valence-electron chi connectivity index (χ3n) is 3.21. The zero-order valence-electron chi connectivity index (χ0n) is 14.1. The summed E-state index contributed by atoms with van der Waals surface area (Å²) in [5, 5.41) is 31.5. The Morgan fingerprint density at radius 1 is 1.09 bits per heavy atom. The van der Waals surface area contributed by atoms with Gasteiger partial charge in [-0.1, -0.05) is 0 Å². The second-order valence-electron chi connectivity index (χ2n) is 5.76. The number of hydrogen-bond acceptors (Lipinski definition) is 7. The summed E-state index contributed by atoms with van der Waals surface area (Å²) < 4.78 is 10.7. The maximum Gasteiger partial charge on any atom is 0.631 e. The molecule has 0 aliphatic carbocycles. The van der Waals surface area contributed by atoms with Crippen LogP contribution in [0.1, 0.15) is 45.0 Å². The Balaban J connectivity index is 0.00000108. The molecule has 0 unspecified atom stereocenters. The maximum atomic E-state index is 11.5. The molecular formula is C15H25BO7. The molecule has 0 aromatic heterocycles. The van der Waals surface area contributed by atoms with E-state index in [1.165, 1.54) is 0 Å². The highest BCUT2D eigenvalue weighted by molar-refractivity contribution is 6.30. The summed E-state index contributed by atoms with van der Waals surface area (Å²) in [6, 6.07) is 6.68. The molecule has 7 nitrogen and oxygen atoms in total. The summed E-state index contributed by atoms with van der Waals surface area (Å²) in [6.07, 6.45) is 0. The number of rotatable bonds is 5. The third-order valence-corrected chi connectivity index (χ3v) is 3.21. The van der Waals surface area contributed by atoms with E-state index in [0.717, 1.165) is 0 Å². The second-order valence-corrected chi connectivity index (χ2v) is 5.76. The van der Waals surface area contributed by atoms with Gasteiger partial charge in [-0.2, -0.15) is 0 Å². The van der Waals surface area contributed by atoms with E-state index < -0.39 is 18.5 Å². The highest BCUT2D eigenvalue weighted by Crippen LogP contribution is 2.28. The first kappa shape index (κ1) is 21.4. The molecule has 4 N–H and O–H groups in total. The van der Waals surface area contributed by atoms with Crippen molar-refractivity contribution in [3.8, 4) is 5.75 Å². The number of hydrogen-bond donors (Lipinski definition) is 4. The topological polar surface area (TPSA) is 116 Å². The van der Waals surface area contributed by atoms with E-state index >= 15 is 0 Å². The average molecular weight is 328 g/mol. The van der Waals surface area contributed by atoms with Crippen LogP contribution in [0, 0.1) is 0 Å². The fourth-order valence-electron chi connectivity index (χ4n) is 1.29. The van der Waals surface area contributed by atoms with E-state index in [9.17, 15) is 9.90 Å². The highest BCUT2D eigenvalue weighted by Gasteiger charge is 2.37. The minimum Gasteiger partial charge on any atom is -0.485 e. The molecule has 1 aromatic rings. The molecule has 0 saturated heterocycles. The maximum absolute atomic E-state index is 11.5. The van der Waals surface area contributed by atoms with Crippen LogP contribution in [0.4, 0.5) is 0 Å². The van der Waals surface area contributed by atoms with Gasteiger partial charge in [-0.05, 0) is 58.9 Å². The predicted molar refractivity (Wildman–Crippen MR) is 85.8 cm³/mol. The Morgan fingerprint density at radius 2 is 1.52 bits per heavy atom. The monoisotopic (exact) mass is 328 g/mol. The molecule has 0 atom stereocenters. The molecule has 0 fully saturated rings. The molecule has 0 saturated carbocycles. The first-order chi connectivity index (χ1) is 10.4. The van der Waals surface area contributed by atoms with Crippen molar-refractivity contribution in [1.82, 2.24) is 0 Å². The molecule has 0 bridgehead atoms. The van der Waals surface area contributed by atoms with Crippen molar-refractivity contribution in [2.75, 3.05) is 6.61 Å². The molecule has 0 spiro atoms. The van der Waals surface area contributed by atoms with Crippen LogP contribution in [0.25, 0.3) is 0 Å². The summed E-state index contributed by atoms with van der Waals surface area (Å²) in [4.78, 5) is 11.5. The van der Waals surface area contributed by atoms with Crippen LogP contribution in [0.15, 0.2) is 24.3 Å². The molecule has 0 amide bonds. The number of esters is 1. The molecule has 23 heavy (non-hydrogen) atoms. The van der Waals surface area contributed by atoms with Gasteiger partial charge in [0.25, 0.3) is 0 Å². The first-order valence-corrected chi connectivity index (χ1v) is 7.13. The van der Waals surface area contributed by atoms with Crippen molar-refractivity contribution in [2.24, 2.45) is 0 Å². The van der Waals surface area contributed by atoms with Crippen molar-refractivity contribution in [3.05, 3.63) is 29.8 Å². The SMILES string of the molecule is CCOC(=O)c1ccc(OC(C)(C)C(C)(C)O)cc1.OB(O)O. The van der Waals surface area contributed by atoms with Crippen LogP contribution in [-0.2, 0) is 4.74 Å².